The predicted molar refractivity (Wildman–Crippen MR) is 78.7 cm³/mol. The second-order valence-corrected chi connectivity index (χ2v) is 6.29. The van der Waals surface area contributed by atoms with Crippen LogP contribution in [0.1, 0.15) is 45.1 Å². The molecule has 0 spiro atoms. The minimum Gasteiger partial charge on any atom is -0.308 e. The quantitative estimate of drug-likeness (QED) is 0.872. The largest absolute Gasteiger partial charge is 0.308 e. The van der Waals surface area contributed by atoms with Crippen LogP contribution in [0.4, 0.5) is 0 Å². The van der Waals surface area contributed by atoms with Crippen LogP contribution in [0.15, 0.2) is 30.3 Å². The van der Waals surface area contributed by atoms with E-state index < -0.39 is 0 Å². The zero-order valence-electron chi connectivity index (χ0n) is 12.0. The second-order valence-electron chi connectivity index (χ2n) is 6.29. The Morgan fingerprint density at radius 3 is 2.68 bits per heavy atom. The van der Waals surface area contributed by atoms with Gasteiger partial charge in [0.2, 0.25) is 0 Å². The van der Waals surface area contributed by atoms with E-state index in [1.165, 1.54) is 12.0 Å². The minimum atomic E-state index is 0.0972. The van der Waals surface area contributed by atoms with Crippen molar-refractivity contribution in [2.45, 2.75) is 57.5 Å². The summed E-state index contributed by atoms with van der Waals surface area (Å²) in [6.07, 6.45) is 5.58. The summed E-state index contributed by atoms with van der Waals surface area (Å²) in [6, 6.07) is 13.5. The van der Waals surface area contributed by atoms with Crippen LogP contribution in [0.3, 0.4) is 0 Å². The zero-order chi connectivity index (χ0) is 13.7. The van der Waals surface area contributed by atoms with Gasteiger partial charge in [0, 0.05) is 11.6 Å². The van der Waals surface area contributed by atoms with Gasteiger partial charge in [0.1, 0.15) is 0 Å². The van der Waals surface area contributed by atoms with Crippen molar-refractivity contribution in [3.63, 3.8) is 0 Å². The summed E-state index contributed by atoms with van der Waals surface area (Å²) in [5.74, 6) is 0.205. The third-order valence-electron chi connectivity index (χ3n) is 4.14. The minimum absolute atomic E-state index is 0.0972. The molecule has 0 saturated heterocycles. The molecule has 0 amide bonds. The number of benzene rings is 1. The molecule has 0 aromatic heterocycles. The topological polar surface area (TPSA) is 35.8 Å². The van der Waals surface area contributed by atoms with Crippen molar-refractivity contribution in [1.82, 2.24) is 5.32 Å². The average Bonchev–Trinajstić information content (AvgIpc) is 2.84. The first-order valence-electron chi connectivity index (χ1n) is 7.32. The Balaban J connectivity index is 1.86. The molecule has 2 heteroatoms. The van der Waals surface area contributed by atoms with Crippen LogP contribution in [0.5, 0.6) is 0 Å². The molecule has 2 rings (SSSR count). The van der Waals surface area contributed by atoms with Gasteiger partial charge in [-0.1, -0.05) is 36.8 Å². The summed E-state index contributed by atoms with van der Waals surface area (Å²) >= 11 is 0. The number of rotatable bonds is 5. The van der Waals surface area contributed by atoms with Gasteiger partial charge in [-0.3, -0.25) is 0 Å². The molecule has 0 bridgehead atoms. The maximum absolute atomic E-state index is 9.15. The van der Waals surface area contributed by atoms with Crippen molar-refractivity contribution in [2.75, 3.05) is 0 Å². The molecule has 1 N–H and O–H groups in total. The predicted octanol–water partition coefficient (Wildman–Crippen LogP) is 3.68. The molecule has 1 aromatic carbocycles. The number of nitrogens with one attached hydrogen (secondary N) is 1. The Hall–Kier alpha value is -1.33. The van der Waals surface area contributed by atoms with Gasteiger partial charge in [-0.05, 0) is 45.1 Å². The maximum Gasteiger partial charge on any atom is 0.0672 e. The van der Waals surface area contributed by atoms with E-state index in [2.05, 4.69) is 55.6 Å². The first kappa shape index (κ1) is 14.1. The first-order chi connectivity index (χ1) is 9.11. The summed E-state index contributed by atoms with van der Waals surface area (Å²) in [6.45, 7) is 4.51. The summed E-state index contributed by atoms with van der Waals surface area (Å²) < 4.78 is 0. The number of hydrogen-bond acceptors (Lipinski definition) is 2. The number of nitriles is 1. The van der Waals surface area contributed by atoms with Gasteiger partial charge in [0.15, 0.2) is 0 Å². The molecule has 1 aliphatic carbocycles. The molecule has 2 atom stereocenters. The lowest BCUT2D eigenvalue weighted by atomic mass is 9.92. The van der Waals surface area contributed by atoms with Gasteiger partial charge < -0.3 is 5.32 Å². The molecule has 0 radical (unpaired) electrons. The highest BCUT2D eigenvalue weighted by atomic mass is 15.0. The normalized spacial score (nSPS) is 23.2. The Labute approximate surface area is 116 Å². The average molecular weight is 256 g/mol. The fraction of sp³-hybridized carbons (Fsp3) is 0.588. The SMILES string of the molecule is CC(C)(CCc1ccccc1)NC1CCCC1C#N. The Morgan fingerprint density at radius 1 is 1.26 bits per heavy atom. The highest BCUT2D eigenvalue weighted by Crippen LogP contribution is 2.27. The van der Waals surface area contributed by atoms with Crippen molar-refractivity contribution >= 4 is 0 Å². The molecular formula is C17H24N2. The van der Waals surface area contributed by atoms with Crippen LogP contribution in [0, 0.1) is 17.2 Å². The van der Waals surface area contributed by atoms with Crippen molar-refractivity contribution in [2.24, 2.45) is 5.92 Å². The summed E-state index contributed by atoms with van der Waals surface area (Å²) in [5.41, 5.74) is 1.49. The van der Waals surface area contributed by atoms with E-state index in [-0.39, 0.29) is 11.5 Å². The van der Waals surface area contributed by atoms with Gasteiger partial charge >= 0.3 is 0 Å². The van der Waals surface area contributed by atoms with Crippen LogP contribution in [-0.2, 0) is 6.42 Å². The van der Waals surface area contributed by atoms with Crippen molar-refractivity contribution < 1.29 is 0 Å². The van der Waals surface area contributed by atoms with Crippen LogP contribution < -0.4 is 5.32 Å². The maximum atomic E-state index is 9.15. The van der Waals surface area contributed by atoms with E-state index in [1.54, 1.807) is 0 Å². The molecule has 0 aliphatic heterocycles. The fourth-order valence-corrected chi connectivity index (χ4v) is 2.96. The smallest absolute Gasteiger partial charge is 0.0672 e. The number of hydrogen-bond donors (Lipinski definition) is 1. The lowest BCUT2D eigenvalue weighted by molar-refractivity contribution is 0.296. The third kappa shape index (κ3) is 4.08. The molecule has 2 nitrogen and oxygen atoms in total. The van der Waals surface area contributed by atoms with Gasteiger partial charge in [-0.25, -0.2) is 0 Å². The second kappa shape index (κ2) is 6.21. The van der Waals surface area contributed by atoms with E-state index in [9.17, 15) is 0 Å². The van der Waals surface area contributed by atoms with Crippen LogP contribution in [-0.4, -0.2) is 11.6 Å². The molecule has 1 fully saturated rings. The third-order valence-corrected chi connectivity index (χ3v) is 4.14. The molecule has 102 valence electrons. The Morgan fingerprint density at radius 2 is 2.00 bits per heavy atom. The van der Waals surface area contributed by atoms with Crippen molar-refractivity contribution in [3.8, 4) is 6.07 Å². The van der Waals surface area contributed by atoms with Crippen LogP contribution in [0.25, 0.3) is 0 Å². The molecule has 0 heterocycles. The van der Waals surface area contributed by atoms with Gasteiger partial charge in [0.05, 0.1) is 12.0 Å². The Kier molecular flexibility index (Phi) is 4.61. The summed E-state index contributed by atoms with van der Waals surface area (Å²) in [7, 11) is 0. The monoisotopic (exact) mass is 256 g/mol. The summed E-state index contributed by atoms with van der Waals surface area (Å²) in [4.78, 5) is 0. The number of aryl methyl sites for hydroxylation is 1. The highest BCUT2D eigenvalue weighted by molar-refractivity contribution is 5.15. The van der Waals surface area contributed by atoms with Crippen molar-refractivity contribution in [1.29, 1.82) is 5.26 Å². The molecular weight excluding hydrogens is 232 g/mol. The van der Waals surface area contributed by atoms with Gasteiger partial charge in [0.25, 0.3) is 0 Å². The van der Waals surface area contributed by atoms with Gasteiger partial charge in [-0.15, -0.1) is 0 Å². The zero-order valence-corrected chi connectivity index (χ0v) is 12.0. The van der Waals surface area contributed by atoms with Crippen LogP contribution in [0.2, 0.25) is 0 Å². The van der Waals surface area contributed by atoms with E-state index >= 15 is 0 Å². The van der Waals surface area contributed by atoms with E-state index in [0.29, 0.717) is 6.04 Å². The molecule has 1 saturated carbocycles. The van der Waals surface area contributed by atoms with Crippen LogP contribution >= 0.6 is 0 Å². The fourth-order valence-electron chi connectivity index (χ4n) is 2.96. The first-order valence-corrected chi connectivity index (χ1v) is 7.32. The highest BCUT2D eigenvalue weighted by Gasteiger charge is 2.31. The number of nitrogens with zero attached hydrogens (tertiary/aromatic N) is 1. The molecule has 19 heavy (non-hydrogen) atoms. The lowest BCUT2D eigenvalue weighted by Gasteiger charge is -2.31. The van der Waals surface area contributed by atoms with E-state index in [1.807, 2.05) is 0 Å². The molecule has 2 unspecified atom stereocenters. The standard InChI is InChI=1S/C17H24N2/c1-17(2,12-11-14-7-4-3-5-8-14)19-16-10-6-9-15(16)13-18/h3-5,7-8,15-16,19H,6,9-12H2,1-2H3. The molecule has 1 aromatic rings. The van der Waals surface area contributed by atoms with Gasteiger partial charge in [-0.2, -0.15) is 5.26 Å². The Bertz CT molecular complexity index is 430. The van der Waals surface area contributed by atoms with E-state index in [0.717, 1.165) is 25.7 Å². The lowest BCUT2D eigenvalue weighted by Crippen LogP contribution is -2.47. The van der Waals surface area contributed by atoms with E-state index in [4.69, 9.17) is 5.26 Å². The van der Waals surface area contributed by atoms with Crippen molar-refractivity contribution in [3.05, 3.63) is 35.9 Å². The molecule has 1 aliphatic rings. The summed E-state index contributed by atoms with van der Waals surface area (Å²) in [5, 5.41) is 12.9.